The maximum Gasteiger partial charge on any atom is 0.271 e. The molecule has 0 aromatic carbocycles. The molecule has 0 radical (unpaired) electrons. The number of carbonyl (C=O) groups excluding carboxylic acids is 2. The monoisotopic (exact) mass is 249 g/mol. The van der Waals surface area contributed by atoms with Crippen LogP contribution in [0.1, 0.15) is 36.2 Å². The molecule has 1 aliphatic carbocycles. The van der Waals surface area contributed by atoms with Gasteiger partial charge in [0, 0.05) is 19.3 Å². The van der Waals surface area contributed by atoms with E-state index in [9.17, 15) is 9.59 Å². The molecule has 1 saturated carbocycles. The SMILES string of the molecule is Cn1cccc1C(=O)N(CC(N)=O)C1CCCC1. The van der Waals surface area contributed by atoms with Crippen molar-refractivity contribution in [2.24, 2.45) is 12.8 Å². The van der Waals surface area contributed by atoms with Gasteiger partial charge in [-0.2, -0.15) is 0 Å². The van der Waals surface area contributed by atoms with Crippen LogP contribution < -0.4 is 5.73 Å². The fourth-order valence-corrected chi connectivity index (χ4v) is 2.58. The van der Waals surface area contributed by atoms with Crippen molar-refractivity contribution in [2.75, 3.05) is 6.54 Å². The van der Waals surface area contributed by atoms with Gasteiger partial charge in [0.2, 0.25) is 5.91 Å². The molecular weight excluding hydrogens is 230 g/mol. The Kier molecular flexibility index (Phi) is 3.69. The van der Waals surface area contributed by atoms with Crippen molar-refractivity contribution in [2.45, 2.75) is 31.7 Å². The lowest BCUT2D eigenvalue weighted by molar-refractivity contribution is -0.119. The molecule has 5 nitrogen and oxygen atoms in total. The van der Waals surface area contributed by atoms with Gasteiger partial charge < -0.3 is 15.2 Å². The van der Waals surface area contributed by atoms with E-state index in [1.165, 1.54) is 0 Å². The third kappa shape index (κ3) is 2.55. The predicted molar refractivity (Wildman–Crippen MR) is 67.9 cm³/mol. The molecule has 1 fully saturated rings. The molecule has 1 heterocycles. The number of hydrogen-bond donors (Lipinski definition) is 1. The maximum absolute atomic E-state index is 12.4. The van der Waals surface area contributed by atoms with Crippen LogP contribution in [0.25, 0.3) is 0 Å². The van der Waals surface area contributed by atoms with Crippen LogP contribution in [0.4, 0.5) is 0 Å². The Bertz CT molecular complexity index is 447. The molecule has 5 heteroatoms. The molecule has 0 spiro atoms. The Labute approximate surface area is 107 Å². The summed E-state index contributed by atoms with van der Waals surface area (Å²) in [5, 5.41) is 0. The Hall–Kier alpha value is -1.78. The fraction of sp³-hybridized carbons (Fsp3) is 0.538. The summed E-state index contributed by atoms with van der Waals surface area (Å²) in [6.45, 7) is 0.00861. The Morgan fingerprint density at radius 1 is 1.44 bits per heavy atom. The molecule has 2 amide bonds. The Morgan fingerprint density at radius 3 is 2.61 bits per heavy atom. The fourth-order valence-electron chi connectivity index (χ4n) is 2.58. The minimum atomic E-state index is -0.454. The van der Waals surface area contributed by atoms with Crippen molar-refractivity contribution in [3.8, 4) is 0 Å². The van der Waals surface area contributed by atoms with Gasteiger partial charge in [-0.1, -0.05) is 12.8 Å². The van der Waals surface area contributed by atoms with Gasteiger partial charge in [0.05, 0.1) is 6.54 Å². The van der Waals surface area contributed by atoms with Gasteiger partial charge in [-0.25, -0.2) is 0 Å². The van der Waals surface area contributed by atoms with Crippen molar-refractivity contribution in [3.63, 3.8) is 0 Å². The molecule has 2 rings (SSSR count). The van der Waals surface area contributed by atoms with Gasteiger partial charge in [0.1, 0.15) is 5.69 Å². The lowest BCUT2D eigenvalue weighted by atomic mass is 10.2. The first-order valence-corrected chi connectivity index (χ1v) is 6.30. The Morgan fingerprint density at radius 2 is 2.11 bits per heavy atom. The van der Waals surface area contributed by atoms with Gasteiger partial charge in [-0.3, -0.25) is 9.59 Å². The van der Waals surface area contributed by atoms with Crippen LogP contribution in [-0.2, 0) is 11.8 Å². The van der Waals surface area contributed by atoms with Crippen LogP contribution in [-0.4, -0.2) is 33.9 Å². The summed E-state index contributed by atoms with van der Waals surface area (Å²) in [6.07, 6.45) is 5.97. The average Bonchev–Trinajstić information content (AvgIpc) is 2.95. The lowest BCUT2D eigenvalue weighted by Crippen LogP contribution is -2.44. The quantitative estimate of drug-likeness (QED) is 0.861. The molecular formula is C13H19N3O2. The number of amides is 2. The van der Waals surface area contributed by atoms with Crippen molar-refractivity contribution in [1.29, 1.82) is 0 Å². The largest absolute Gasteiger partial charge is 0.368 e. The third-order valence-electron chi connectivity index (χ3n) is 3.52. The molecule has 0 unspecified atom stereocenters. The van der Waals surface area contributed by atoms with Crippen molar-refractivity contribution >= 4 is 11.8 Å². The van der Waals surface area contributed by atoms with Gasteiger partial charge >= 0.3 is 0 Å². The summed E-state index contributed by atoms with van der Waals surface area (Å²) in [4.78, 5) is 25.2. The molecule has 1 aromatic rings. The van der Waals surface area contributed by atoms with E-state index in [1.54, 1.807) is 15.5 Å². The third-order valence-corrected chi connectivity index (χ3v) is 3.52. The summed E-state index contributed by atoms with van der Waals surface area (Å²) >= 11 is 0. The number of nitrogens with two attached hydrogens (primary N) is 1. The number of hydrogen-bond acceptors (Lipinski definition) is 2. The number of nitrogens with zero attached hydrogens (tertiary/aromatic N) is 2. The zero-order valence-corrected chi connectivity index (χ0v) is 10.6. The predicted octanol–water partition coefficient (Wildman–Crippen LogP) is 0.895. The van der Waals surface area contributed by atoms with Gasteiger partial charge in [0.15, 0.2) is 0 Å². The van der Waals surface area contributed by atoms with E-state index in [2.05, 4.69) is 0 Å². The highest BCUT2D eigenvalue weighted by Gasteiger charge is 2.29. The summed E-state index contributed by atoms with van der Waals surface area (Å²) in [6, 6.07) is 3.75. The zero-order valence-electron chi connectivity index (χ0n) is 10.6. The van der Waals surface area contributed by atoms with E-state index >= 15 is 0 Å². The second kappa shape index (κ2) is 5.25. The van der Waals surface area contributed by atoms with Crippen LogP contribution in [0.5, 0.6) is 0 Å². The summed E-state index contributed by atoms with van der Waals surface area (Å²) in [7, 11) is 1.82. The molecule has 0 bridgehead atoms. The minimum absolute atomic E-state index is 0.00861. The topological polar surface area (TPSA) is 68.3 Å². The number of aromatic nitrogens is 1. The van der Waals surface area contributed by atoms with Crippen LogP contribution in [0.15, 0.2) is 18.3 Å². The van der Waals surface area contributed by atoms with Gasteiger partial charge in [0.25, 0.3) is 5.91 Å². The molecule has 0 saturated heterocycles. The van der Waals surface area contributed by atoms with E-state index in [1.807, 2.05) is 19.3 Å². The van der Waals surface area contributed by atoms with Gasteiger partial charge in [-0.05, 0) is 25.0 Å². The van der Waals surface area contributed by atoms with Crippen LogP contribution >= 0.6 is 0 Å². The summed E-state index contributed by atoms with van der Waals surface area (Å²) in [5.74, 6) is -0.558. The first-order chi connectivity index (χ1) is 8.59. The highest BCUT2D eigenvalue weighted by atomic mass is 16.2. The second-order valence-electron chi connectivity index (χ2n) is 4.84. The van der Waals surface area contributed by atoms with Crippen molar-refractivity contribution in [3.05, 3.63) is 24.0 Å². The van der Waals surface area contributed by atoms with Crippen LogP contribution in [0, 0.1) is 0 Å². The molecule has 0 aliphatic heterocycles. The molecule has 1 aromatic heterocycles. The minimum Gasteiger partial charge on any atom is -0.368 e. The smallest absolute Gasteiger partial charge is 0.271 e. The van der Waals surface area contributed by atoms with E-state index in [0.717, 1.165) is 25.7 Å². The van der Waals surface area contributed by atoms with E-state index in [0.29, 0.717) is 5.69 Å². The second-order valence-corrected chi connectivity index (χ2v) is 4.84. The van der Waals surface area contributed by atoms with E-state index in [-0.39, 0.29) is 18.5 Å². The average molecular weight is 249 g/mol. The molecule has 98 valence electrons. The maximum atomic E-state index is 12.4. The van der Waals surface area contributed by atoms with Crippen molar-refractivity contribution in [1.82, 2.24) is 9.47 Å². The van der Waals surface area contributed by atoms with E-state index < -0.39 is 5.91 Å². The summed E-state index contributed by atoms with van der Waals surface area (Å²) < 4.78 is 1.77. The first-order valence-electron chi connectivity index (χ1n) is 6.30. The standard InChI is InChI=1S/C13H19N3O2/c1-15-8-4-7-11(15)13(18)16(9-12(14)17)10-5-2-3-6-10/h4,7-8,10H,2-3,5-6,9H2,1H3,(H2,14,17). The zero-order chi connectivity index (χ0) is 13.1. The highest BCUT2D eigenvalue weighted by molar-refractivity contribution is 5.95. The first kappa shape index (κ1) is 12.7. The van der Waals surface area contributed by atoms with E-state index in [4.69, 9.17) is 5.73 Å². The van der Waals surface area contributed by atoms with Gasteiger partial charge in [-0.15, -0.1) is 0 Å². The number of primary amides is 1. The molecule has 18 heavy (non-hydrogen) atoms. The van der Waals surface area contributed by atoms with Crippen molar-refractivity contribution < 1.29 is 9.59 Å². The number of rotatable bonds is 4. The van der Waals surface area contributed by atoms with Crippen LogP contribution in [0.3, 0.4) is 0 Å². The normalized spacial score (nSPS) is 15.8. The Balaban J connectivity index is 2.20. The molecule has 0 atom stereocenters. The summed E-state index contributed by atoms with van der Waals surface area (Å²) in [5.41, 5.74) is 5.85. The van der Waals surface area contributed by atoms with Crippen LogP contribution in [0.2, 0.25) is 0 Å². The molecule has 1 aliphatic rings. The highest BCUT2D eigenvalue weighted by Crippen LogP contribution is 2.24. The molecule has 2 N–H and O–H groups in total. The number of carbonyl (C=O) groups is 2. The number of aryl methyl sites for hydroxylation is 1. The lowest BCUT2D eigenvalue weighted by Gasteiger charge is -2.27.